The number of rotatable bonds is 3. The quantitative estimate of drug-likeness (QED) is 0.794. The Labute approximate surface area is 156 Å². The van der Waals surface area contributed by atoms with Crippen LogP contribution < -0.4 is 0 Å². The summed E-state index contributed by atoms with van der Waals surface area (Å²) in [7, 11) is 0. The molecule has 0 amide bonds. The van der Waals surface area contributed by atoms with Crippen molar-refractivity contribution < 1.29 is 19.8 Å². The maximum absolute atomic E-state index is 12.1. The molecule has 2 N–H and O–H groups in total. The first kappa shape index (κ1) is 18.5. The Hall–Kier alpha value is -0.900. The van der Waals surface area contributed by atoms with Gasteiger partial charge >= 0.3 is 5.97 Å². The smallest absolute Gasteiger partial charge is 0.309 e. The van der Waals surface area contributed by atoms with Crippen molar-refractivity contribution in [3.8, 4) is 0 Å². The number of ketones is 1. The fourth-order valence-corrected chi connectivity index (χ4v) is 8.34. The summed E-state index contributed by atoms with van der Waals surface area (Å²) in [6, 6.07) is 0. The predicted molar refractivity (Wildman–Crippen MR) is 98.5 cm³/mol. The molecule has 2 bridgehead atoms. The molecule has 5 aliphatic carbocycles. The number of fused-ring (bicyclic) bond motifs is 3. The largest absolute Gasteiger partial charge is 0.481 e. The monoisotopic (exact) mass is 362 g/mol. The highest BCUT2D eigenvalue weighted by Gasteiger charge is 2.68. The van der Waals surface area contributed by atoms with Crippen molar-refractivity contribution >= 4 is 11.8 Å². The van der Waals surface area contributed by atoms with E-state index in [1.807, 2.05) is 6.92 Å². The van der Waals surface area contributed by atoms with Gasteiger partial charge in [0.2, 0.25) is 0 Å². The van der Waals surface area contributed by atoms with E-state index in [9.17, 15) is 19.8 Å². The molecule has 5 saturated carbocycles. The third-order valence-electron chi connectivity index (χ3n) is 9.50. The van der Waals surface area contributed by atoms with Crippen molar-refractivity contribution in [1.82, 2.24) is 0 Å². The Balaban J connectivity index is 1.71. The molecule has 5 rings (SSSR count). The second-order valence-corrected chi connectivity index (χ2v) is 10.5. The molecule has 146 valence electrons. The number of aliphatic hydroxyl groups excluding tert-OH is 1. The van der Waals surface area contributed by atoms with Crippen LogP contribution in [0.25, 0.3) is 0 Å². The van der Waals surface area contributed by atoms with E-state index in [0.717, 1.165) is 51.4 Å². The summed E-state index contributed by atoms with van der Waals surface area (Å²) in [6.07, 6.45) is 8.07. The Bertz CT molecular complexity index is 630. The van der Waals surface area contributed by atoms with Crippen LogP contribution in [0, 0.1) is 39.9 Å². The molecule has 5 aliphatic rings. The summed E-state index contributed by atoms with van der Waals surface area (Å²) < 4.78 is 0. The molecule has 26 heavy (non-hydrogen) atoms. The fraction of sp³-hybridized carbons (Fsp3) is 0.909. The minimum Gasteiger partial charge on any atom is -0.481 e. The predicted octanol–water partition coefficient (Wildman–Crippen LogP) is 4.05. The van der Waals surface area contributed by atoms with Crippen LogP contribution in [0.5, 0.6) is 0 Å². The van der Waals surface area contributed by atoms with Crippen molar-refractivity contribution in [2.75, 3.05) is 0 Å². The summed E-state index contributed by atoms with van der Waals surface area (Å²) in [4.78, 5) is 23.9. The molecule has 1 spiro atoms. The molecular formula is C22H34O4. The normalized spacial score (nSPS) is 52.8. The number of aliphatic hydroxyl groups is 1. The number of aliphatic carboxylic acids is 1. The van der Waals surface area contributed by atoms with Crippen LogP contribution in [0.15, 0.2) is 0 Å². The number of carbonyl (C=O) groups excluding carboxylic acids is 1. The van der Waals surface area contributed by atoms with Crippen LogP contribution in [0.2, 0.25) is 0 Å². The Kier molecular flexibility index (Phi) is 4.12. The van der Waals surface area contributed by atoms with Crippen LogP contribution in [0.1, 0.15) is 78.6 Å². The summed E-state index contributed by atoms with van der Waals surface area (Å²) in [5, 5.41) is 21.4. The first-order valence-electron chi connectivity index (χ1n) is 10.6. The van der Waals surface area contributed by atoms with Crippen molar-refractivity contribution in [2.45, 2.75) is 84.7 Å². The molecule has 8 atom stereocenters. The van der Waals surface area contributed by atoms with Crippen LogP contribution in [0.4, 0.5) is 0 Å². The summed E-state index contributed by atoms with van der Waals surface area (Å²) in [5.74, 6) is 0.701. The molecule has 0 aromatic heterocycles. The standard InChI is InChI=1S/C22H34O4/c1-13(23)11-15-14-5-9-22(18(15)24)10-6-16-20(2,17(22)12-14)7-4-8-21(16,3)19(25)26/h14-18,24H,4-12H2,1-3H3,(H,25,26)/t14-,15-,16-,17-,18+,20+,21+,22-/m0/s1. The average Bonchev–Trinajstić information content (AvgIpc) is 2.57. The minimum atomic E-state index is -0.639. The first-order valence-corrected chi connectivity index (χ1v) is 10.6. The van der Waals surface area contributed by atoms with Gasteiger partial charge in [0.1, 0.15) is 5.78 Å². The van der Waals surface area contributed by atoms with E-state index < -0.39 is 11.4 Å². The maximum Gasteiger partial charge on any atom is 0.309 e. The SMILES string of the molecule is CC(=O)C[C@H]1[C@H]2CC[C@@]3(CC[C@H]4[C@@](C)(CCC[C@@]4(C)C(=O)O)[C@@H]3C2)[C@@H]1O. The minimum absolute atomic E-state index is 0.00445. The van der Waals surface area contributed by atoms with E-state index in [-0.39, 0.29) is 34.6 Å². The number of hydrogen-bond donors (Lipinski definition) is 2. The summed E-state index contributed by atoms with van der Waals surface area (Å²) in [5.41, 5.74) is -0.712. The van der Waals surface area contributed by atoms with Gasteiger partial charge in [-0.15, -0.1) is 0 Å². The summed E-state index contributed by atoms with van der Waals surface area (Å²) in [6.45, 7) is 5.93. The molecule has 0 aromatic rings. The van der Waals surface area contributed by atoms with Crippen molar-refractivity contribution in [3.05, 3.63) is 0 Å². The van der Waals surface area contributed by atoms with Gasteiger partial charge in [0.15, 0.2) is 0 Å². The molecule has 0 saturated heterocycles. The number of hydrogen-bond acceptors (Lipinski definition) is 3. The molecule has 0 unspecified atom stereocenters. The van der Waals surface area contributed by atoms with Crippen molar-refractivity contribution in [3.63, 3.8) is 0 Å². The maximum atomic E-state index is 12.1. The molecule has 0 aliphatic heterocycles. The molecule has 0 aromatic carbocycles. The summed E-state index contributed by atoms with van der Waals surface area (Å²) >= 11 is 0. The lowest BCUT2D eigenvalue weighted by molar-refractivity contribution is -0.244. The topological polar surface area (TPSA) is 74.6 Å². The van der Waals surface area contributed by atoms with Crippen molar-refractivity contribution in [2.24, 2.45) is 39.9 Å². The molecule has 4 nitrogen and oxygen atoms in total. The van der Waals surface area contributed by atoms with Crippen LogP contribution >= 0.6 is 0 Å². The third-order valence-corrected chi connectivity index (χ3v) is 9.50. The zero-order chi connectivity index (χ0) is 18.9. The van der Waals surface area contributed by atoms with Gasteiger partial charge in [0.05, 0.1) is 11.5 Å². The molecule has 4 heteroatoms. The zero-order valence-electron chi connectivity index (χ0n) is 16.5. The van der Waals surface area contributed by atoms with Crippen molar-refractivity contribution in [1.29, 1.82) is 0 Å². The Morgan fingerprint density at radius 3 is 2.38 bits per heavy atom. The molecule has 0 radical (unpaired) electrons. The number of carboxylic acids is 1. The number of Topliss-reactive ketones (excluding diaryl/α,β-unsaturated/α-hetero) is 1. The second-order valence-electron chi connectivity index (χ2n) is 10.5. The van der Waals surface area contributed by atoms with Gasteiger partial charge < -0.3 is 15.0 Å². The van der Waals surface area contributed by atoms with E-state index in [1.165, 1.54) is 0 Å². The second kappa shape index (κ2) is 5.80. The third kappa shape index (κ3) is 2.23. The Morgan fingerprint density at radius 1 is 1.04 bits per heavy atom. The van der Waals surface area contributed by atoms with Crippen LogP contribution in [0.3, 0.4) is 0 Å². The lowest BCUT2D eigenvalue weighted by Gasteiger charge is -2.70. The highest BCUT2D eigenvalue weighted by Crippen LogP contribution is 2.72. The van der Waals surface area contributed by atoms with Crippen LogP contribution in [-0.2, 0) is 9.59 Å². The van der Waals surface area contributed by atoms with Gasteiger partial charge in [-0.2, -0.15) is 0 Å². The van der Waals surface area contributed by atoms with Gasteiger partial charge in [-0.3, -0.25) is 4.79 Å². The zero-order valence-corrected chi connectivity index (χ0v) is 16.5. The number of carboxylic acid groups (broad SMARTS) is 1. The lowest BCUT2D eigenvalue weighted by Crippen LogP contribution is -2.66. The highest BCUT2D eigenvalue weighted by atomic mass is 16.4. The number of carbonyl (C=O) groups is 2. The van der Waals surface area contributed by atoms with E-state index >= 15 is 0 Å². The first-order chi connectivity index (χ1) is 12.1. The fourth-order valence-electron chi connectivity index (χ4n) is 8.34. The van der Waals surface area contributed by atoms with E-state index in [0.29, 0.717) is 18.3 Å². The molecular weight excluding hydrogens is 328 g/mol. The van der Waals surface area contributed by atoms with Gasteiger partial charge in [-0.1, -0.05) is 13.3 Å². The average molecular weight is 363 g/mol. The molecule has 0 heterocycles. The van der Waals surface area contributed by atoms with Gasteiger partial charge in [-0.05, 0) is 93.3 Å². The Morgan fingerprint density at radius 2 is 1.73 bits per heavy atom. The van der Waals surface area contributed by atoms with Gasteiger partial charge in [0, 0.05) is 6.42 Å². The van der Waals surface area contributed by atoms with E-state index in [2.05, 4.69) is 6.92 Å². The molecule has 5 fully saturated rings. The van der Waals surface area contributed by atoms with Gasteiger partial charge in [-0.25, -0.2) is 0 Å². The van der Waals surface area contributed by atoms with E-state index in [4.69, 9.17) is 0 Å². The van der Waals surface area contributed by atoms with Crippen LogP contribution in [-0.4, -0.2) is 28.1 Å². The highest BCUT2D eigenvalue weighted by molar-refractivity contribution is 5.76. The van der Waals surface area contributed by atoms with E-state index in [1.54, 1.807) is 6.92 Å². The van der Waals surface area contributed by atoms with Gasteiger partial charge in [0.25, 0.3) is 0 Å². The lowest BCUT2D eigenvalue weighted by atomic mass is 9.35.